The molecule has 0 heterocycles. The SMILES string of the molecule is CCCCCCC(C(=O)O)C(CC)(CCCC)C(=O)O. The quantitative estimate of drug-likeness (QED) is 0.524. The minimum Gasteiger partial charge on any atom is -0.481 e. The minimum absolute atomic E-state index is 0.382. The highest BCUT2D eigenvalue weighted by Crippen LogP contribution is 2.40. The molecule has 2 unspecified atom stereocenters. The molecule has 0 radical (unpaired) electrons. The Morgan fingerprint density at radius 2 is 1.55 bits per heavy atom. The van der Waals surface area contributed by atoms with Gasteiger partial charge in [0.05, 0.1) is 11.3 Å². The molecule has 0 rings (SSSR count). The minimum atomic E-state index is -1.10. The largest absolute Gasteiger partial charge is 0.481 e. The molecule has 0 aromatic heterocycles. The van der Waals surface area contributed by atoms with E-state index in [2.05, 4.69) is 6.92 Å². The van der Waals surface area contributed by atoms with Gasteiger partial charge in [-0.3, -0.25) is 9.59 Å². The van der Waals surface area contributed by atoms with Crippen LogP contribution in [0.1, 0.15) is 78.6 Å². The van der Waals surface area contributed by atoms with Crippen molar-refractivity contribution in [1.82, 2.24) is 0 Å². The highest BCUT2D eigenvalue weighted by molar-refractivity contribution is 5.83. The number of hydrogen-bond acceptors (Lipinski definition) is 2. The number of aliphatic carboxylic acids is 2. The van der Waals surface area contributed by atoms with Crippen molar-refractivity contribution in [3.05, 3.63) is 0 Å². The second-order valence-electron chi connectivity index (χ2n) is 5.66. The van der Waals surface area contributed by atoms with E-state index in [0.29, 0.717) is 19.3 Å². The second-order valence-corrected chi connectivity index (χ2v) is 5.66. The van der Waals surface area contributed by atoms with Crippen LogP contribution in [0.5, 0.6) is 0 Å². The average molecular weight is 286 g/mol. The molecule has 2 atom stereocenters. The molecule has 0 amide bonds. The van der Waals surface area contributed by atoms with Gasteiger partial charge in [0.2, 0.25) is 0 Å². The zero-order valence-corrected chi connectivity index (χ0v) is 13.2. The zero-order valence-electron chi connectivity index (χ0n) is 13.2. The molecule has 0 aromatic carbocycles. The highest BCUT2D eigenvalue weighted by atomic mass is 16.4. The summed E-state index contributed by atoms with van der Waals surface area (Å²) in [6.45, 7) is 5.90. The fraction of sp³-hybridized carbons (Fsp3) is 0.875. The van der Waals surface area contributed by atoms with Gasteiger partial charge in [0.1, 0.15) is 0 Å². The first-order valence-electron chi connectivity index (χ1n) is 7.92. The average Bonchev–Trinajstić information content (AvgIpc) is 2.41. The lowest BCUT2D eigenvalue weighted by Gasteiger charge is -2.34. The summed E-state index contributed by atoms with van der Waals surface area (Å²) in [6, 6.07) is 0. The molecular weight excluding hydrogens is 256 g/mol. The van der Waals surface area contributed by atoms with Crippen LogP contribution in [0.3, 0.4) is 0 Å². The lowest BCUT2D eigenvalue weighted by molar-refractivity contribution is -0.164. The summed E-state index contributed by atoms with van der Waals surface area (Å²) in [5.41, 5.74) is -1.10. The summed E-state index contributed by atoms with van der Waals surface area (Å²) in [7, 11) is 0. The molecule has 0 fully saturated rings. The van der Waals surface area contributed by atoms with Crippen LogP contribution in [0.25, 0.3) is 0 Å². The highest BCUT2D eigenvalue weighted by Gasteiger charge is 2.47. The van der Waals surface area contributed by atoms with E-state index >= 15 is 0 Å². The van der Waals surface area contributed by atoms with Crippen LogP contribution in [0.2, 0.25) is 0 Å². The Morgan fingerprint density at radius 1 is 0.950 bits per heavy atom. The Labute approximate surface area is 122 Å². The Kier molecular flexibility index (Phi) is 9.26. The Morgan fingerprint density at radius 3 is 1.95 bits per heavy atom. The predicted molar refractivity (Wildman–Crippen MR) is 79.8 cm³/mol. The van der Waals surface area contributed by atoms with Crippen LogP contribution in [-0.2, 0) is 9.59 Å². The van der Waals surface area contributed by atoms with Gasteiger partial charge in [-0.15, -0.1) is 0 Å². The molecule has 0 saturated carbocycles. The van der Waals surface area contributed by atoms with Crippen LogP contribution in [0.4, 0.5) is 0 Å². The molecule has 0 aliphatic heterocycles. The number of hydrogen-bond donors (Lipinski definition) is 2. The van der Waals surface area contributed by atoms with Crippen molar-refractivity contribution >= 4 is 11.9 Å². The van der Waals surface area contributed by atoms with Crippen LogP contribution >= 0.6 is 0 Å². The molecule has 0 aliphatic carbocycles. The van der Waals surface area contributed by atoms with Gasteiger partial charge in [-0.1, -0.05) is 59.3 Å². The molecule has 0 spiro atoms. The summed E-state index contributed by atoms with van der Waals surface area (Å²) in [4.78, 5) is 23.3. The van der Waals surface area contributed by atoms with E-state index in [-0.39, 0.29) is 0 Å². The second kappa shape index (κ2) is 9.78. The standard InChI is InChI=1S/C16H30O4/c1-4-7-9-10-11-13(14(17)18)16(6-3,15(19)20)12-8-5-2/h13H,4-12H2,1-3H3,(H,17,18)(H,19,20). The van der Waals surface area contributed by atoms with Gasteiger partial charge in [0.25, 0.3) is 0 Å². The van der Waals surface area contributed by atoms with Crippen molar-refractivity contribution in [2.24, 2.45) is 11.3 Å². The zero-order chi connectivity index (χ0) is 15.6. The molecule has 0 aromatic rings. The van der Waals surface area contributed by atoms with E-state index in [1.807, 2.05) is 6.92 Å². The maximum absolute atomic E-state index is 11.7. The summed E-state index contributed by atoms with van der Waals surface area (Å²) in [5, 5.41) is 19.1. The number of rotatable bonds is 12. The van der Waals surface area contributed by atoms with E-state index in [0.717, 1.165) is 38.5 Å². The molecule has 4 nitrogen and oxygen atoms in total. The molecule has 0 saturated heterocycles. The third-order valence-corrected chi connectivity index (χ3v) is 4.34. The number of unbranched alkanes of at least 4 members (excludes halogenated alkanes) is 4. The smallest absolute Gasteiger partial charge is 0.310 e. The van der Waals surface area contributed by atoms with Crippen LogP contribution in [0.15, 0.2) is 0 Å². The Balaban J connectivity index is 5.00. The summed E-state index contributed by atoms with van der Waals surface area (Å²) >= 11 is 0. The topological polar surface area (TPSA) is 74.6 Å². The molecule has 118 valence electrons. The van der Waals surface area contributed by atoms with Gasteiger partial charge in [-0.05, 0) is 19.3 Å². The molecule has 0 bridgehead atoms. The lowest BCUT2D eigenvalue weighted by atomic mass is 9.68. The van der Waals surface area contributed by atoms with E-state index in [1.54, 1.807) is 6.92 Å². The molecule has 0 aliphatic rings. The van der Waals surface area contributed by atoms with Gasteiger partial charge in [0.15, 0.2) is 0 Å². The van der Waals surface area contributed by atoms with Crippen LogP contribution < -0.4 is 0 Å². The first kappa shape index (κ1) is 18.9. The van der Waals surface area contributed by atoms with Crippen LogP contribution in [0, 0.1) is 11.3 Å². The van der Waals surface area contributed by atoms with E-state index in [4.69, 9.17) is 0 Å². The van der Waals surface area contributed by atoms with E-state index < -0.39 is 23.3 Å². The lowest BCUT2D eigenvalue weighted by Crippen LogP contribution is -2.42. The third kappa shape index (κ3) is 5.14. The van der Waals surface area contributed by atoms with Crippen molar-refractivity contribution in [2.75, 3.05) is 0 Å². The van der Waals surface area contributed by atoms with Crippen molar-refractivity contribution < 1.29 is 19.8 Å². The van der Waals surface area contributed by atoms with Crippen molar-refractivity contribution in [2.45, 2.75) is 78.6 Å². The first-order valence-corrected chi connectivity index (χ1v) is 7.92. The molecule has 2 N–H and O–H groups in total. The third-order valence-electron chi connectivity index (χ3n) is 4.34. The maximum Gasteiger partial charge on any atom is 0.310 e. The van der Waals surface area contributed by atoms with E-state index in [1.165, 1.54) is 0 Å². The van der Waals surface area contributed by atoms with Crippen molar-refractivity contribution in [3.8, 4) is 0 Å². The fourth-order valence-corrected chi connectivity index (χ4v) is 2.91. The Hall–Kier alpha value is -1.06. The predicted octanol–water partition coefficient (Wildman–Crippen LogP) is 4.33. The molecule has 20 heavy (non-hydrogen) atoms. The molecule has 4 heteroatoms. The summed E-state index contributed by atoms with van der Waals surface area (Å²) < 4.78 is 0. The van der Waals surface area contributed by atoms with Gasteiger partial charge in [0, 0.05) is 0 Å². The fourth-order valence-electron chi connectivity index (χ4n) is 2.91. The number of carboxylic acid groups (broad SMARTS) is 2. The van der Waals surface area contributed by atoms with Gasteiger partial charge in [-0.25, -0.2) is 0 Å². The summed E-state index contributed by atoms with van der Waals surface area (Å²) in [6.07, 6.45) is 6.90. The van der Waals surface area contributed by atoms with Crippen LogP contribution in [-0.4, -0.2) is 22.2 Å². The number of carbonyl (C=O) groups is 2. The van der Waals surface area contributed by atoms with Gasteiger partial charge < -0.3 is 10.2 Å². The van der Waals surface area contributed by atoms with E-state index in [9.17, 15) is 19.8 Å². The first-order chi connectivity index (χ1) is 9.46. The van der Waals surface area contributed by atoms with Crippen molar-refractivity contribution in [3.63, 3.8) is 0 Å². The maximum atomic E-state index is 11.7. The molecular formula is C16H30O4. The monoisotopic (exact) mass is 286 g/mol. The van der Waals surface area contributed by atoms with Gasteiger partial charge >= 0.3 is 11.9 Å². The normalized spacial score (nSPS) is 15.6. The van der Waals surface area contributed by atoms with Gasteiger partial charge in [-0.2, -0.15) is 0 Å². The number of carboxylic acids is 2. The summed E-state index contributed by atoms with van der Waals surface area (Å²) in [5.74, 6) is -2.67. The Bertz CT molecular complexity index is 301. The van der Waals surface area contributed by atoms with Crippen molar-refractivity contribution in [1.29, 1.82) is 0 Å².